The molecule has 0 fully saturated rings. The third kappa shape index (κ3) is 8.07. The van der Waals surface area contributed by atoms with Crippen LogP contribution in [0.4, 0.5) is 10.5 Å². The minimum absolute atomic E-state index is 0.281. The van der Waals surface area contributed by atoms with Crippen LogP contribution in [0.3, 0.4) is 0 Å². The van der Waals surface area contributed by atoms with Crippen LogP contribution in [0.1, 0.15) is 69.3 Å². The molecule has 2 rings (SSSR count). The Kier molecular flexibility index (Phi) is 10.5. The zero-order valence-electron chi connectivity index (χ0n) is 23.7. The largest absolute Gasteiger partial charge is 0.444 e. The van der Waals surface area contributed by atoms with Gasteiger partial charge in [-0.05, 0) is 75.8 Å². The first-order valence-electron chi connectivity index (χ1n) is 12.9. The van der Waals surface area contributed by atoms with E-state index < -0.39 is 35.6 Å². The van der Waals surface area contributed by atoms with Gasteiger partial charge in [-0.15, -0.1) is 0 Å². The number of anilines is 1. The van der Waals surface area contributed by atoms with E-state index in [1.807, 2.05) is 71.0 Å². The fourth-order valence-corrected chi connectivity index (χ4v) is 3.99. The number of ether oxygens (including phenoxy) is 1. The van der Waals surface area contributed by atoms with Crippen molar-refractivity contribution in [1.29, 1.82) is 5.26 Å². The fraction of sp³-hybridized carbons (Fsp3) is 0.467. The minimum Gasteiger partial charge on any atom is -0.444 e. The highest BCUT2D eigenvalue weighted by molar-refractivity contribution is 5.99. The van der Waals surface area contributed by atoms with E-state index in [0.717, 1.165) is 16.7 Å². The Morgan fingerprint density at radius 1 is 1.03 bits per heavy atom. The number of hydrogen-bond donors (Lipinski definition) is 2. The van der Waals surface area contributed by atoms with E-state index in [1.165, 1.54) is 4.90 Å². The van der Waals surface area contributed by atoms with E-state index in [1.54, 1.807) is 32.9 Å². The molecule has 0 aromatic heterocycles. The topological polar surface area (TPSA) is 112 Å². The van der Waals surface area contributed by atoms with Crippen molar-refractivity contribution >= 4 is 23.6 Å². The predicted molar refractivity (Wildman–Crippen MR) is 148 cm³/mol. The second-order valence-electron chi connectivity index (χ2n) is 10.7. The number of nitrogens with zero attached hydrogens (tertiary/aromatic N) is 2. The number of benzene rings is 2. The van der Waals surface area contributed by atoms with Gasteiger partial charge >= 0.3 is 6.09 Å². The van der Waals surface area contributed by atoms with Crippen molar-refractivity contribution in [3.63, 3.8) is 0 Å². The van der Waals surface area contributed by atoms with Gasteiger partial charge in [-0.2, -0.15) is 5.26 Å². The Morgan fingerprint density at radius 2 is 1.68 bits per heavy atom. The summed E-state index contributed by atoms with van der Waals surface area (Å²) in [7, 11) is 0. The average Bonchev–Trinajstić information content (AvgIpc) is 2.83. The third-order valence-electron chi connectivity index (χ3n) is 6.49. The van der Waals surface area contributed by atoms with Crippen LogP contribution in [0.25, 0.3) is 0 Å². The monoisotopic (exact) mass is 520 g/mol. The molecule has 204 valence electrons. The van der Waals surface area contributed by atoms with Crippen molar-refractivity contribution < 1.29 is 19.1 Å². The Balaban J connectivity index is 2.57. The molecule has 3 atom stereocenters. The molecule has 0 saturated heterocycles. The van der Waals surface area contributed by atoms with Crippen molar-refractivity contribution in [3.8, 4) is 6.07 Å². The van der Waals surface area contributed by atoms with Crippen molar-refractivity contribution in [3.05, 3.63) is 64.7 Å². The molecule has 2 N–H and O–H groups in total. The summed E-state index contributed by atoms with van der Waals surface area (Å²) >= 11 is 0. The lowest BCUT2D eigenvalue weighted by Crippen LogP contribution is -2.54. The molecular weight excluding hydrogens is 480 g/mol. The van der Waals surface area contributed by atoms with E-state index in [-0.39, 0.29) is 12.5 Å². The van der Waals surface area contributed by atoms with Crippen molar-refractivity contribution in [2.45, 2.75) is 79.5 Å². The van der Waals surface area contributed by atoms with Crippen molar-refractivity contribution in [2.24, 2.45) is 5.92 Å². The molecule has 38 heavy (non-hydrogen) atoms. The van der Waals surface area contributed by atoms with Crippen molar-refractivity contribution in [1.82, 2.24) is 10.2 Å². The maximum atomic E-state index is 14.0. The lowest BCUT2D eigenvalue weighted by atomic mass is 9.94. The van der Waals surface area contributed by atoms with Gasteiger partial charge in [0.05, 0.1) is 6.07 Å². The molecule has 2 aromatic rings. The quantitative estimate of drug-likeness (QED) is 0.419. The van der Waals surface area contributed by atoms with Crippen LogP contribution in [-0.4, -0.2) is 41.0 Å². The summed E-state index contributed by atoms with van der Waals surface area (Å²) < 4.78 is 5.40. The normalized spacial score (nSPS) is 13.4. The second-order valence-corrected chi connectivity index (χ2v) is 10.7. The Bertz CT molecular complexity index is 1200. The number of amides is 3. The Labute approximate surface area is 226 Å². The number of nitrogens with one attached hydrogen (secondary N) is 2. The Morgan fingerprint density at radius 3 is 2.24 bits per heavy atom. The number of nitriles is 1. The predicted octanol–water partition coefficient (Wildman–Crippen LogP) is 5.58. The summed E-state index contributed by atoms with van der Waals surface area (Å²) in [5, 5.41) is 15.4. The zero-order chi connectivity index (χ0) is 28.6. The number of para-hydroxylation sites is 1. The molecule has 0 radical (unpaired) electrons. The minimum atomic E-state index is -1.10. The first kappa shape index (κ1) is 30.4. The van der Waals surface area contributed by atoms with Crippen molar-refractivity contribution in [2.75, 3.05) is 11.9 Å². The number of aryl methyl sites for hydroxylation is 3. The molecule has 0 spiro atoms. The first-order valence-corrected chi connectivity index (χ1v) is 12.9. The lowest BCUT2D eigenvalue weighted by molar-refractivity contribution is -0.141. The third-order valence-corrected chi connectivity index (χ3v) is 6.49. The molecule has 3 amide bonds. The van der Waals surface area contributed by atoms with Crippen LogP contribution in [0, 0.1) is 38.0 Å². The lowest BCUT2D eigenvalue weighted by Gasteiger charge is -2.35. The molecule has 0 heterocycles. The van der Waals surface area contributed by atoms with Crippen LogP contribution in [0.2, 0.25) is 0 Å². The van der Waals surface area contributed by atoms with E-state index >= 15 is 0 Å². The second kappa shape index (κ2) is 13.1. The summed E-state index contributed by atoms with van der Waals surface area (Å²) in [5.41, 5.74) is 3.28. The standard InChI is InChI=1S/C30H40N4O4/c1-9-19(2)25(33-29(37)38-30(6,7)8)28(36)34(17-16-31)26(23-15-14-20(3)22(5)18-23)27(35)32-24-13-11-10-12-21(24)4/h10-15,18-19,25-26H,9,17H2,1-8H3,(H,32,35)(H,33,37). The summed E-state index contributed by atoms with van der Waals surface area (Å²) in [4.78, 5) is 41.8. The molecule has 2 aromatic carbocycles. The summed E-state index contributed by atoms with van der Waals surface area (Å²) in [6.45, 7) is 14.4. The van der Waals surface area contributed by atoms with Crippen LogP contribution in [0.5, 0.6) is 0 Å². The van der Waals surface area contributed by atoms with E-state index in [9.17, 15) is 19.6 Å². The van der Waals surface area contributed by atoms with E-state index in [0.29, 0.717) is 17.7 Å². The zero-order valence-corrected chi connectivity index (χ0v) is 23.7. The number of hydrogen-bond acceptors (Lipinski definition) is 5. The van der Waals surface area contributed by atoms with Gasteiger partial charge in [0, 0.05) is 5.69 Å². The van der Waals surface area contributed by atoms with E-state index in [4.69, 9.17) is 4.74 Å². The maximum Gasteiger partial charge on any atom is 0.408 e. The van der Waals surface area contributed by atoms with Gasteiger partial charge in [0.25, 0.3) is 5.91 Å². The number of carbonyl (C=O) groups excluding carboxylic acids is 3. The van der Waals surface area contributed by atoms with Gasteiger partial charge in [-0.1, -0.05) is 56.7 Å². The SMILES string of the molecule is CCC(C)C(NC(=O)OC(C)(C)C)C(=O)N(CC#N)C(C(=O)Nc1ccccc1C)c1ccc(C)c(C)c1. The maximum absolute atomic E-state index is 14.0. The molecule has 0 aliphatic rings. The molecule has 8 nitrogen and oxygen atoms in total. The highest BCUT2D eigenvalue weighted by atomic mass is 16.6. The summed E-state index contributed by atoms with van der Waals surface area (Å²) in [6, 6.07) is 12.8. The number of carbonyl (C=O) groups is 3. The average molecular weight is 521 g/mol. The van der Waals surface area contributed by atoms with Gasteiger partial charge in [-0.25, -0.2) is 4.79 Å². The Hall–Kier alpha value is -3.86. The van der Waals surface area contributed by atoms with Gasteiger partial charge in [0.2, 0.25) is 5.91 Å². The molecule has 0 saturated carbocycles. The summed E-state index contributed by atoms with van der Waals surface area (Å²) in [5.74, 6) is -1.27. The van der Waals surface area contributed by atoms with Crippen LogP contribution in [0.15, 0.2) is 42.5 Å². The van der Waals surface area contributed by atoms with Gasteiger partial charge in [-0.3, -0.25) is 9.59 Å². The fourth-order valence-electron chi connectivity index (χ4n) is 3.99. The van der Waals surface area contributed by atoms with Crippen LogP contribution >= 0.6 is 0 Å². The number of alkyl carbamates (subject to hydrolysis) is 1. The molecule has 3 unspecified atom stereocenters. The first-order chi connectivity index (χ1) is 17.8. The van der Waals surface area contributed by atoms with Gasteiger partial charge < -0.3 is 20.3 Å². The van der Waals surface area contributed by atoms with Crippen LogP contribution in [-0.2, 0) is 14.3 Å². The highest BCUT2D eigenvalue weighted by Crippen LogP contribution is 2.28. The summed E-state index contributed by atoms with van der Waals surface area (Å²) in [6.07, 6.45) is -0.156. The van der Waals surface area contributed by atoms with Gasteiger partial charge in [0.15, 0.2) is 0 Å². The molecule has 0 bridgehead atoms. The van der Waals surface area contributed by atoms with Gasteiger partial charge in [0.1, 0.15) is 24.2 Å². The molecule has 8 heteroatoms. The van der Waals surface area contributed by atoms with E-state index in [2.05, 4.69) is 10.6 Å². The van der Waals surface area contributed by atoms with Crippen LogP contribution < -0.4 is 10.6 Å². The molecule has 0 aliphatic carbocycles. The number of rotatable bonds is 9. The smallest absolute Gasteiger partial charge is 0.408 e. The molecule has 0 aliphatic heterocycles. The highest BCUT2D eigenvalue weighted by Gasteiger charge is 2.38. The molecular formula is C30H40N4O4.